The summed E-state index contributed by atoms with van der Waals surface area (Å²) in [5.74, 6) is 0.679. The normalized spacial score (nSPS) is 18.0. The highest BCUT2D eigenvalue weighted by atomic mass is 16.2. The van der Waals surface area contributed by atoms with Crippen LogP contribution in [0.25, 0.3) is 11.3 Å². The van der Waals surface area contributed by atoms with Crippen LogP contribution in [0.2, 0.25) is 0 Å². The zero-order chi connectivity index (χ0) is 26.8. The number of hydrogen-bond acceptors (Lipinski definition) is 7. The van der Waals surface area contributed by atoms with E-state index in [-0.39, 0.29) is 29.0 Å². The second-order valence-corrected chi connectivity index (χ2v) is 9.49. The highest BCUT2D eigenvalue weighted by Gasteiger charge is 2.34. The molecule has 10 heteroatoms. The van der Waals surface area contributed by atoms with Crippen molar-refractivity contribution in [1.29, 1.82) is 0 Å². The molecule has 2 aromatic heterocycles. The summed E-state index contributed by atoms with van der Waals surface area (Å²) >= 11 is 0. The first-order valence-corrected chi connectivity index (χ1v) is 11.8. The SMILES string of the molecule is [2H]C([2H])([2H])NC(=O)c1nnc(NC(=O)C2CC2)cc1Nc1cccc2c1N(C)Cc1c-2nc(C2CC2)n1C. The van der Waals surface area contributed by atoms with Crippen molar-refractivity contribution in [2.24, 2.45) is 13.0 Å². The summed E-state index contributed by atoms with van der Waals surface area (Å²) in [6, 6.07) is 7.30. The number of carbonyl (C=O) groups excluding carboxylic acids is 2. The molecule has 2 fully saturated rings. The van der Waals surface area contributed by atoms with E-state index in [1.54, 1.807) is 0 Å². The number of para-hydroxylation sites is 1. The molecule has 0 saturated heterocycles. The third kappa shape index (κ3) is 3.78. The molecular formula is C25H28N8O2. The van der Waals surface area contributed by atoms with Gasteiger partial charge in [-0.15, -0.1) is 10.2 Å². The van der Waals surface area contributed by atoms with Gasteiger partial charge in [-0.2, -0.15) is 0 Å². The highest BCUT2D eigenvalue weighted by molar-refractivity contribution is 6.01. The number of imidazole rings is 1. The Morgan fingerprint density at radius 1 is 1.11 bits per heavy atom. The minimum Gasteiger partial charge on any atom is -0.366 e. The summed E-state index contributed by atoms with van der Waals surface area (Å²) in [7, 11) is 4.06. The van der Waals surface area contributed by atoms with Gasteiger partial charge in [-0.3, -0.25) is 9.59 Å². The van der Waals surface area contributed by atoms with Gasteiger partial charge in [0.05, 0.1) is 35.0 Å². The van der Waals surface area contributed by atoms with Gasteiger partial charge in [-0.25, -0.2) is 4.98 Å². The standard InChI is InChI=1S/C25H28N8O2/c1-26-25(35)21-17(11-19(30-31-21)28-24(34)14-9-10-14)27-16-6-4-5-15-20-18(12-32(2)22(15)16)33(3)23(29-20)13-7-8-13/h4-6,11,13-14H,7-10,12H2,1-3H3,(H,26,35)(H2,27,28,30,34)/i1D3. The zero-order valence-corrected chi connectivity index (χ0v) is 19.6. The lowest BCUT2D eigenvalue weighted by molar-refractivity contribution is -0.117. The maximum absolute atomic E-state index is 12.8. The largest absolute Gasteiger partial charge is 0.366 e. The van der Waals surface area contributed by atoms with Gasteiger partial charge in [-0.1, -0.05) is 12.1 Å². The number of rotatable bonds is 6. The van der Waals surface area contributed by atoms with E-state index in [0.717, 1.165) is 54.1 Å². The van der Waals surface area contributed by atoms with Crippen molar-refractivity contribution in [2.45, 2.75) is 38.1 Å². The van der Waals surface area contributed by atoms with Gasteiger partial charge >= 0.3 is 0 Å². The van der Waals surface area contributed by atoms with Crippen LogP contribution in [0.5, 0.6) is 0 Å². The average Bonchev–Trinajstić information content (AvgIpc) is 3.77. The first kappa shape index (κ1) is 18.4. The molecule has 1 aliphatic heterocycles. The van der Waals surface area contributed by atoms with E-state index < -0.39 is 12.9 Å². The number of nitrogens with zero attached hydrogens (tertiary/aromatic N) is 5. The maximum Gasteiger partial charge on any atom is 0.273 e. The smallest absolute Gasteiger partial charge is 0.273 e. The Morgan fingerprint density at radius 2 is 1.94 bits per heavy atom. The van der Waals surface area contributed by atoms with Crippen LogP contribution in [0.15, 0.2) is 24.3 Å². The van der Waals surface area contributed by atoms with E-state index >= 15 is 0 Å². The molecule has 3 heterocycles. The fraction of sp³-hybridized carbons (Fsp3) is 0.400. The minimum absolute atomic E-state index is 0.0466. The number of amides is 2. The van der Waals surface area contributed by atoms with Gasteiger partial charge in [0.1, 0.15) is 5.82 Å². The highest BCUT2D eigenvalue weighted by Crippen LogP contribution is 2.47. The van der Waals surface area contributed by atoms with E-state index in [1.807, 2.05) is 30.6 Å². The Balaban J connectivity index is 1.39. The van der Waals surface area contributed by atoms with E-state index in [4.69, 9.17) is 9.10 Å². The third-order valence-corrected chi connectivity index (χ3v) is 6.84. The number of carbonyl (C=O) groups is 2. The fourth-order valence-electron chi connectivity index (χ4n) is 4.70. The lowest BCUT2D eigenvalue weighted by Crippen LogP contribution is -2.25. The molecule has 2 amide bonds. The van der Waals surface area contributed by atoms with Crippen molar-refractivity contribution in [1.82, 2.24) is 25.1 Å². The molecule has 3 aliphatic rings. The van der Waals surface area contributed by atoms with Crippen molar-refractivity contribution < 1.29 is 13.7 Å². The Hall–Kier alpha value is -3.95. The number of benzene rings is 1. The number of hydrogen-bond donors (Lipinski definition) is 3. The van der Waals surface area contributed by atoms with E-state index in [0.29, 0.717) is 18.2 Å². The second-order valence-electron chi connectivity index (χ2n) is 9.49. The minimum atomic E-state index is -2.70. The molecule has 0 spiro atoms. The summed E-state index contributed by atoms with van der Waals surface area (Å²) in [6.45, 7) is -2.05. The number of fused-ring (bicyclic) bond motifs is 3. The number of aromatic nitrogens is 4. The predicted octanol–water partition coefficient (Wildman–Crippen LogP) is 3.16. The van der Waals surface area contributed by atoms with Crippen LogP contribution in [0.1, 0.15) is 57.7 Å². The van der Waals surface area contributed by atoms with Crippen LogP contribution in [-0.4, -0.2) is 45.6 Å². The Bertz CT molecular complexity index is 1460. The Kier molecular flexibility index (Phi) is 4.24. The van der Waals surface area contributed by atoms with E-state index in [9.17, 15) is 9.59 Å². The monoisotopic (exact) mass is 475 g/mol. The third-order valence-electron chi connectivity index (χ3n) is 6.84. The van der Waals surface area contributed by atoms with Gasteiger partial charge in [0.15, 0.2) is 11.5 Å². The van der Waals surface area contributed by atoms with Gasteiger partial charge in [-0.05, 0) is 31.7 Å². The molecule has 1 aromatic carbocycles. The summed E-state index contributed by atoms with van der Waals surface area (Å²) in [4.78, 5) is 32.3. The molecule has 10 nitrogen and oxygen atoms in total. The van der Waals surface area contributed by atoms with Crippen LogP contribution in [0.4, 0.5) is 22.9 Å². The molecule has 0 atom stereocenters. The molecule has 0 unspecified atom stereocenters. The van der Waals surface area contributed by atoms with E-state index in [1.165, 1.54) is 6.07 Å². The van der Waals surface area contributed by atoms with Crippen LogP contribution < -0.4 is 20.9 Å². The number of anilines is 4. The topological polar surface area (TPSA) is 117 Å². The maximum atomic E-state index is 12.8. The zero-order valence-electron chi connectivity index (χ0n) is 22.6. The molecule has 3 aromatic rings. The van der Waals surface area contributed by atoms with Gasteiger partial charge in [0.25, 0.3) is 5.91 Å². The first-order chi connectivity index (χ1) is 18.1. The van der Waals surface area contributed by atoms with Crippen LogP contribution >= 0.6 is 0 Å². The molecule has 2 aliphatic carbocycles. The Labute approximate surface area is 207 Å². The lowest BCUT2D eigenvalue weighted by Gasteiger charge is -2.30. The molecule has 180 valence electrons. The molecule has 2 saturated carbocycles. The summed E-state index contributed by atoms with van der Waals surface area (Å²) in [6.07, 6.45) is 3.96. The van der Waals surface area contributed by atoms with Gasteiger partial charge in [0, 0.05) is 48.6 Å². The van der Waals surface area contributed by atoms with Crippen LogP contribution in [0.3, 0.4) is 0 Å². The summed E-state index contributed by atoms with van der Waals surface area (Å²) < 4.78 is 24.5. The number of nitrogens with one attached hydrogen (secondary N) is 3. The van der Waals surface area contributed by atoms with Crippen molar-refractivity contribution in [2.75, 3.05) is 29.6 Å². The Morgan fingerprint density at radius 3 is 2.69 bits per heavy atom. The quantitative estimate of drug-likeness (QED) is 0.501. The average molecular weight is 476 g/mol. The fourth-order valence-corrected chi connectivity index (χ4v) is 4.70. The molecular weight excluding hydrogens is 444 g/mol. The summed E-state index contributed by atoms with van der Waals surface area (Å²) in [5.41, 5.74) is 4.65. The molecule has 0 bridgehead atoms. The van der Waals surface area contributed by atoms with Crippen molar-refractivity contribution in [3.05, 3.63) is 41.5 Å². The second kappa shape index (κ2) is 8.07. The van der Waals surface area contributed by atoms with Crippen molar-refractivity contribution >= 4 is 34.7 Å². The predicted molar refractivity (Wildman–Crippen MR) is 133 cm³/mol. The molecule has 3 N–H and O–H groups in total. The van der Waals surface area contributed by atoms with Crippen LogP contribution in [0, 0.1) is 5.92 Å². The van der Waals surface area contributed by atoms with Crippen molar-refractivity contribution in [3.8, 4) is 11.3 Å². The van der Waals surface area contributed by atoms with Crippen molar-refractivity contribution in [3.63, 3.8) is 0 Å². The molecule has 35 heavy (non-hydrogen) atoms. The molecule has 6 rings (SSSR count). The lowest BCUT2D eigenvalue weighted by atomic mass is 10.0. The van der Waals surface area contributed by atoms with Crippen LogP contribution in [-0.2, 0) is 18.4 Å². The molecule has 0 radical (unpaired) electrons. The van der Waals surface area contributed by atoms with E-state index in [2.05, 4.69) is 37.3 Å². The van der Waals surface area contributed by atoms with Gasteiger partial charge < -0.3 is 25.4 Å². The first-order valence-electron chi connectivity index (χ1n) is 13.3. The van der Waals surface area contributed by atoms with Gasteiger partial charge in [0.2, 0.25) is 5.91 Å². The summed E-state index contributed by atoms with van der Waals surface area (Å²) in [5, 5.41) is 15.9.